The highest BCUT2D eigenvalue weighted by Crippen LogP contribution is 2.21. The van der Waals surface area contributed by atoms with Crippen LogP contribution in [0, 0.1) is 0 Å². The van der Waals surface area contributed by atoms with Crippen molar-refractivity contribution in [1.82, 2.24) is 10.3 Å². The van der Waals surface area contributed by atoms with Crippen LogP contribution in [0.25, 0.3) is 10.9 Å². The molecule has 1 aromatic carbocycles. The van der Waals surface area contributed by atoms with Gasteiger partial charge in [0.1, 0.15) is 11.4 Å². The predicted octanol–water partition coefficient (Wildman–Crippen LogP) is 2.40. The molecular weight excluding hydrogens is 268 g/mol. The summed E-state index contributed by atoms with van der Waals surface area (Å²) in [7, 11) is 0. The van der Waals surface area contributed by atoms with E-state index in [0.29, 0.717) is 11.3 Å². The lowest BCUT2D eigenvalue weighted by Crippen LogP contribution is -2.38. The van der Waals surface area contributed by atoms with E-state index in [1.165, 1.54) is 6.26 Å². The number of aliphatic hydroxyl groups is 1. The van der Waals surface area contributed by atoms with E-state index in [2.05, 4.69) is 10.3 Å². The number of carbonyl (C=O) groups is 1. The Labute approximate surface area is 121 Å². The monoisotopic (exact) mass is 284 g/mol. The molecule has 1 atom stereocenters. The number of hydrogen-bond acceptors (Lipinski definition) is 3. The standard InChI is InChI=1S/C16H16N2O3/c1-16(20,14-6-3-9-21-14)10-18-15(19)12-4-2-5-13-11(12)7-8-17-13/h2-9,17,20H,10H2,1H3,(H,18,19). The Balaban J connectivity index is 1.77. The van der Waals surface area contributed by atoms with Gasteiger partial charge in [0.15, 0.2) is 0 Å². The second-order valence-corrected chi connectivity index (χ2v) is 5.18. The Bertz CT molecular complexity index is 757. The molecule has 5 heteroatoms. The molecule has 0 saturated heterocycles. The average Bonchev–Trinajstić information content (AvgIpc) is 3.14. The third kappa shape index (κ3) is 2.55. The number of furan rings is 1. The molecule has 3 rings (SSSR count). The van der Waals surface area contributed by atoms with Gasteiger partial charge in [-0.3, -0.25) is 4.79 Å². The van der Waals surface area contributed by atoms with Crippen molar-refractivity contribution in [2.24, 2.45) is 0 Å². The summed E-state index contributed by atoms with van der Waals surface area (Å²) in [4.78, 5) is 15.4. The fourth-order valence-corrected chi connectivity index (χ4v) is 2.30. The third-order valence-corrected chi connectivity index (χ3v) is 3.48. The maximum Gasteiger partial charge on any atom is 0.252 e. The molecule has 1 unspecified atom stereocenters. The van der Waals surface area contributed by atoms with Crippen molar-refractivity contribution in [3.63, 3.8) is 0 Å². The molecule has 0 aliphatic heterocycles. The molecule has 0 aliphatic rings. The summed E-state index contributed by atoms with van der Waals surface area (Å²) in [6, 6.07) is 10.7. The van der Waals surface area contributed by atoms with Crippen LogP contribution >= 0.6 is 0 Å². The van der Waals surface area contributed by atoms with Gasteiger partial charge < -0.3 is 19.8 Å². The van der Waals surface area contributed by atoms with E-state index in [-0.39, 0.29) is 12.5 Å². The first-order chi connectivity index (χ1) is 10.1. The van der Waals surface area contributed by atoms with Gasteiger partial charge in [-0.15, -0.1) is 0 Å². The predicted molar refractivity (Wildman–Crippen MR) is 78.9 cm³/mol. The first-order valence-corrected chi connectivity index (χ1v) is 6.68. The van der Waals surface area contributed by atoms with Crippen molar-refractivity contribution in [3.8, 4) is 0 Å². The Morgan fingerprint density at radius 3 is 2.95 bits per heavy atom. The Morgan fingerprint density at radius 1 is 1.33 bits per heavy atom. The quantitative estimate of drug-likeness (QED) is 0.688. The van der Waals surface area contributed by atoms with E-state index in [0.717, 1.165) is 10.9 Å². The van der Waals surface area contributed by atoms with Crippen LogP contribution in [-0.4, -0.2) is 22.5 Å². The minimum absolute atomic E-state index is 0.0696. The smallest absolute Gasteiger partial charge is 0.252 e. The fourth-order valence-electron chi connectivity index (χ4n) is 2.30. The summed E-state index contributed by atoms with van der Waals surface area (Å²) in [5.74, 6) is 0.190. The summed E-state index contributed by atoms with van der Waals surface area (Å²) in [5.41, 5.74) is 0.231. The molecule has 0 aliphatic carbocycles. The summed E-state index contributed by atoms with van der Waals surface area (Å²) < 4.78 is 5.19. The number of aromatic amines is 1. The number of benzene rings is 1. The highest BCUT2D eigenvalue weighted by Gasteiger charge is 2.27. The van der Waals surface area contributed by atoms with Gasteiger partial charge >= 0.3 is 0 Å². The van der Waals surface area contributed by atoms with E-state index in [1.807, 2.05) is 18.2 Å². The van der Waals surface area contributed by atoms with Crippen LogP contribution in [0.15, 0.2) is 53.3 Å². The van der Waals surface area contributed by atoms with Gasteiger partial charge in [-0.25, -0.2) is 0 Å². The molecule has 3 aromatic rings. The van der Waals surface area contributed by atoms with Crippen LogP contribution in [-0.2, 0) is 5.60 Å². The SMILES string of the molecule is CC(O)(CNC(=O)c1cccc2[nH]ccc12)c1ccco1. The summed E-state index contributed by atoms with van der Waals surface area (Å²) in [5, 5.41) is 13.9. The van der Waals surface area contributed by atoms with E-state index < -0.39 is 5.60 Å². The molecule has 0 fully saturated rings. The zero-order valence-corrected chi connectivity index (χ0v) is 11.6. The van der Waals surface area contributed by atoms with E-state index in [9.17, 15) is 9.90 Å². The minimum Gasteiger partial charge on any atom is -0.466 e. The minimum atomic E-state index is -1.24. The third-order valence-electron chi connectivity index (χ3n) is 3.48. The van der Waals surface area contributed by atoms with Gasteiger partial charge in [-0.05, 0) is 37.3 Å². The molecule has 0 saturated carbocycles. The van der Waals surface area contributed by atoms with Crippen LogP contribution in [0.4, 0.5) is 0 Å². The first kappa shape index (κ1) is 13.5. The number of nitrogens with one attached hydrogen (secondary N) is 2. The average molecular weight is 284 g/mol. The van der Waals surface area contributed by atoms with Crippen LogP contribution < -0.4 is 5.32 Å². The Kier molecular flexibility index (Phi) is 3.27. The number of rotatable bonds is 4. The number of aromatic nitrogens is 1. The number of carbonyl (C=O) groups excluding carboxylic acids is 1. The van der Waals surface area contributed by atoms with Gasteiger partial charge in [-0.1, -0.05) is 6.07 Å². The second kappa shape index (κ2) is 5.10. The molecule has 5 nitrogen and oxygen atoms in total. The molecule has 0 spiro atoms. The highest BCUT2D eigenvalue weighted by atomic mass is 16.4. The van der Waals surface area contributed by atoms with Crippen LogP contribution in [0.1, 0.15) is 23.0 Å². The molecule has 108 valence electrons. The molecule has 21 heavy (non-hydrogen) atoms. The summed E-state index contributed by atoms with van der Waals surface area (Å²) in [6.07, 6.45) is 3.28. The molecule has 2 heterocycles. The first-order valence-electron chi connectivity index (χ1n) is 6.68. The maximum atomic E-state index is 12.3. The topological polar surface area (TPSA) is 78.3 Å². The lowest BCUT2D eigenvalue weighted by atomic mass is 10.0. The van der Waals surface area contributed by atoms with Crippen LogP contribution in [0.2, 0.25) is 0 Å². The van der Waals surface area contributed by atoms with E-state index >= 15 is 0 Å². The zero-order valence-electron chi connectivity index (χ0n) is 11.6. The van der Waals surface area contributed by atoms with Crippen molar-refractivity contribution in [3.05, 3.63) is 60.2 Å². The molecule has 0 radical (unpaired) electrons. The maximum absolute atomic E-state index is 12.3. The van der Waals surface area contributed by atoms with Crippen molar-refractivity contribution in [1.29, 1.82) is 0 Å². The van der Waals surface area contributed by atoms with Gasteiger partial charge in [0.2, 0.25) is 0 Å². The van der Waals surface area contributed by atoms with Crippen molar-refractivity contribution >= 4 is 16.8 Å². The van der Waals surface area contributed by atoms with Crippen LogP contribution in [0.5, 0.6) is 0 Å². The Morgan fingerprint density at radius 2 is 2.19 bits per heavy atom. The molecule has 1 amide bonds. The zero-order chi connectivity index (χ0) is 14.9. The van der Waals surface area contributed by atoms with Crippen LogP contribution in [0.3, 0.4) is 0 Å². The van der Waals surface area contributed by atoms with E-state index in [1.54, 1.807) is 31.3 Å². The number of fused-ring (bicyclic) bond motifs is 1. The van der Waals surface area contributed by atoms with Gasteiger partial charge in [0.25, 0.3) is 5.91 Å². The lowest BCUT2D eigenvalue weighted by molar-refractivity contribution is 0.0330. The normalized spacial score (nSPS) is 14.0. The molecule has 3 N–H and O–H groups in total. The highest BCUT2D eigenvalue weighted by molar-refractivity contribution is 6.06. The van der Waals surface area contributed by atoms with Crippen molar-refractivity contribution in [2.45, 2.75) is 12.5 Å². The largest absolute Gasteiger partial charge is 0.466 e. The van der Waals surface area contributed by atoms with Crippen molar-refractivity contribution in [2.75, 3.05) is 6.54 Å². The summed E-state index contributed by atoms with van der Waals surface area (Å²) in [6.45, 7) is 1.67. The van der Waals surface area contributed by atoms with Gasteiger partial charge in [0.05, 0.1) is 12.8 Å². The van der Waals surface area contributed by atoms with E-state index in [4.69, 9.17) is 4.42 Å². The Hall–Kier alpha value is -2.53. The lowest BCUT2D eigenvalue weighted by Gasteiger charge is -2.21. The molecular formula is C16H16N2O3. The number of H-pyrrole nitrogens is 1. The number of hydrogen-bond donors (Lipinski definition) is 3. The number of amides is 1. The molecule has 2 aromatic heterocycles. The fraction of sp³-hybridized carbons (Fsp3) is 0.188. The summed E-state index contributed by atoms with van der Waals surface area (Å²) >= 11 is 0. The van der Waals surface area contributed by atoms with Gasteiger partial charge in [0, 0.05) is 22.7 Å². The van der Waals surface area contributed by atoms with Crippen molar-refractivity contribution < 1.29 is 14.3 Å². The van der Waals surface area contributed by atoms with Gasteiger partial charge in [-0.2, -0.15) is 0 Å². The molecule has 0 bridgehead atoms. The second-order valence-electron chi connectivity index (χ2n) is 5.18.